The first-order chi connectivity index (χ1) is 7.91. The highest BCUT2D eigenvalue weighted by Gasteiger charge is 2.10. The van der Waals surface area contributed by atoms with Crippen molar-refractivity contribution in [1.82, 2.24) is 4.90 Å². The van der Waals surface area contributed by atoms with Crippen molar-refractivity contribution in [1.29, 1.82) is 0 Å². The molecule has 0 saturated carbocycles. The number of anilines is 1. The van der Waals surface area contributed by atoms with Gasteiger partial charge in [-0.05, 0) is 33.5 Å². The van der Waals surface area contributed by atoms with Crippen molar-refractivity contribution in [3.05, 3.63) is 33.9 Å². The van der Waals surface area contributed by atoms with Crippen LogP contribution in [0.3, 0.4) is 0 Å². The molecule has 1 rings (SSSR count). The number of likely N-dealkylation sites (N-methyl/N-ethyl adjacent to an activating group) is 1. The zero-order valence-corrected chi connectivity index (χ0v) is 10.7. The van der Waals surface area contributed by atoms with Crippen LogP contribution in [0.4, 0.5) is 11.4 Å². The van der Waals surface area contributed by atoms with E-state index in [0.717, 1.165) is 17.8 Å². The van der Waals surface area contributed by atoms with Gasteiger partial charge in [-0.15, -0.1) is 0 Å². The van der Waals surface area contributed by atoms with E-state index < -0.39 is 0 Å². The molecule has 94 valence electrons. The third-order valence-electron chi connectivity index (χ3n) is 2.90. The van der Waals surface area contributed by atoms with Crippen molar-refractivity contribution in [3.8, 4) is 0 Å². The maximum Gasteiger partial charge on any atom is 0.271 e. The molecule has 1 unspecified atom stereocenters. The van der Waals surface area contributed by atoms with E-state index in [1.54, 1.807) is 12.1 Å². The van der Waals surface area contributed by atoms with Crippen molar-refractivity contribution >= 4 is 11.4 Å². The summed E-state index contributed by atoms with van der Waals surface area (Å²) in [5.74, 6) is 0. The smallest absolute Gasteiger partial charge is 0.271 e. The number of hydrogen-bond acceptors (Lipinski definition) is 4. The van der Waals surface area contributed by atoms with Gasteiger partial charge in [0.15, 0.2) is 0 Å². The Labute approximate surface area is 102 Å². The summed E-state index contributed by atoms with van der Waals surface area (Å²) in [6.45, 7) is 4.79. The fourth-order valence-electron chi connectivity index (χ4n) is 1.35. The van der Waals surface area contributed by atoms with Gasteiger partial charge in [0.1, 0.15) is 0 Å². The number of nitro groups is 1. The third kappa shape index (κ3) is 3.71. The molecule has 1 N–H and O–H groups in total. The van der Waals surface area contributed by atoms with E-state index in [4.69, 9.17) is 0 Å². The highest BCUT2D eigenvalue weighted by atomic mass is 16.6. The standard InChI is InChI=1S/C12H19N3O2/c1-9-5-6-11(15(16)17)7-12(9)13-8-10(2)14(3)4/h5-7,10,13H,8H2,1-4H3. The molecule has 0 radical (unpaired) electrons. The fraction of sp³-hybridized carbons (Fsp3) is 0.500. The Morgan fingerprint density at radius 3 is 2.65 bits per heavy atom. The predicted octanol–water partition coefficient (Wildman–Crippen LogP) is 2.27. The van der Waals surface area contributed by atoms with Crippen LogP contribution in [-0.2, 0) is 0 Å². The van der Waals surface area contributed by atoms with Crippen LogP contribution in [-0.4, -0.2) is 36.5 Å². The summed E-state index contributed by atoms with van der Waals surface area (Å²) < 4.78 is 0. The van der Waals surface area contributed by atoms with E-state index in [-0.39, 0.29) is 10.6 Å². The number of hydrogen-bond donors (Lipinski definition) is 1. The van der Waals surface area contributed by atoms with Crippen molar-refractivity contribution in [2.24, 2.45) is 0 Å². The van der Waals surface area contributed by atoms with Gasteiger partial charge >= 0.3 is 0 Å². The lowest BCUT2D eigenvalue weighted by Gasteiger charge is -2.21. The molecular weight excluding hydrogens is 218 g/mol. The van der Waals surface area contributed by atoms with Gasteiger partial charge in [-0.25, -0.2) is 0 Å². The maximum atomic E-state index is 10.7. The average molecular weight is 237 g/mol. The first-order valence-corrected chi connectivity index (χ1v) is 5.57. The molecule has 0 amide bonds. The highest BCUT2D eigenvalue weighted by Crippen LogP contribution is 2.21. The first-order valence-electron chi connectivity index (χ1n) is 5.57. The number of aryl methyl sites for hydroxylation is 1. The van der Waals surface area contributed by atoms with Crippen LogP contribution in [0.25, 0.3) is 0 Å². The molecule has 0 saturated heterocycles. The van der Waals surface area contributed by atoms with Crippen LogP contribution in [0, 0.1) is 17.0 Å². The van der Waals surface area contributed by atoms with Crippen LogP contribution in [0.1, 0.15) is 12.5 Å². The molecular formula is C12H19N3O2. The SMILES string of the molecule is Cc1ccc([N+](=O)[O-])cc1NCC(C)N(C)C. The molecule has 17 heavy (non-hydrogen) atoms. The molecule has 5 heteroatoms. The summed E-state index contributed by atoms with van der Waals surface area (Å²) >= 11 is 0. The molecule has 0 heterocycles. The summed E-state index contributed by atoms with van der Waals surface area (Å²) in [6, 6.07) is 5.24. The van der Waals surface area contributed by atoms with Gasteiger partial charge in [-0.3, -0.25) is 10.1 Å². The first kappa shape index (κ1) is 13.4. The Balaban J connectivity index is 2.76. The second-order valence-electron chi connectivity index (χ2n) is 4.45. The zero-order chi connectivity index (χ0) is 13.0. The van der Waals surface area contributed by atoms with E-state index in [1.165, 1.54) is 6.07 Å². The third-order valence-corrected chi connectivity index (χ3v) is 2.90. The molecule has 1 aromatic rings. The molecule has 0 aromatic heterocycles. The van der Waals surface area contributed by atoms with Crippen LogP contribution in [0.2, 0.25) is 0 Å². The van der Waals surface area contributed by atoms with Crippen LogP contribution < -0.4 is 5.32 Å². The molecule has 5 nitrogen and oxygen atoms in total. The van der Waals surface area contributed by atoms with Crippen molar-refractivity contribution in [2.75, 3.05) is 26.0 Å². The number of nitrogens with one attached hydrogen (secondary N) is 1. The monoisotopic (exact) mass is 237 g/mol. The molecule has 0 aliphatic heterocycles. The van der Waals surface area contributed by atoms with E-state index in [2.05, 4.69) is 17.1 Å². The highest BCUT2D eigenvalue weighted by molar-refractivity contribution is 5.56. The Kier molecular flexibility index (Phi) is 4.45. The molecule has 0 spiro atoms. The van der Waals surface area contributed by atoms with Gasteiger partial charge in [-0.1, -0.05) is 6.07 Å². The second-order valence-corrected chi connectivity index (χ2v) is 4.45. The number of nitro benzene ring substituents is 1. The Bertz CT molecular complexity index is 405. The quantitative estimate of drug-likeness (QED) is 0.630. The van der Waals surface area contributed by atoms with E-state index >= 15 is 0 Å². The summed E-state index contributed by atoms with van der Waals surface area (Å²) in [6.07, 6.45) is 0. The number of non-ortho nitro benzene ring substituents is 1. The molecule has 0 aliphatic carbocycles. The average Bonchev–Trinajstić information content (AvgIpc) is 2.26. The Hall–Kier alpha value is -1.62. The summed E-state index contributed by atoms with van der Waals surface area (Å²) in [5.41, 5.74) is 1.96. The molecule has 0 bridgehead atoms. The van der Waals surface area contributed by atoms with Crippen LogP contribution >= 0.6 is 0 Å². The van der Waals surface area contributed by atoms with Crippen molar-refractivity contribution in [2.45, 2.75) is 19.9 Å². The van der Waals surface area contributed by atoms with Crippen molar-refractivity contribution in [3.63, 3.8) is 0 Å². The lowest BCUT2D eigenvalue weighted by molar-refractivity contribution is -0.384. The van der Waals surface area contributed by atoms with E-state index in [1.807, 2.05) is 21.0 Å². The summed E-state index contributed by atoms with van der Waals surface area (Å²) in [7, 11) is 4.01. The molecule has 0 fully saturated rings. The minimum absolute atomic E-state index is 0.121. The van der Waals surface area contributed by atoms with E-state index in [9.17, 15) is 10.1 Å². The van der Waals surface area contributed by atoms with Gasteiger partial charge in [0.05, 0.1) is 4.92 Å². The van der Waals surface area contributed by atoms with E-state index in [0.29, 0.717) is 6.04 Å². The second kappa shape index (κ2) is 5.63. The Morgan fingerprint density at radius 1 is 1.47 bits per heavy atom. The topological polar surface area (TPSA) is 58.4 Å². The lowest BCUT2D eigenvalue weighted by atomic mass is 10.1. The predicted molar refractivity (Wildman–Crippen MR) is 69.5 cm³/mol. The minimum atomic E-state index is -0.375. The number of nitrogens with zero attached hydrogens (tertiary/aromatic N) is 2. The van der Waals surface area contributed by atoms with Gasteiger partial charge in [0.25, 0.3) is 5.69 Å². The van der Waals surface area contributed by atoms with Gasteiger partial charge in [0, 0.05) is 30.4 Å². The molecule has 0 aliphatic rings. The van der Waals surface area contributed by atoms with Crippen molar-refractivity contribution < 1.29 is 4.92 Å². The fourth-order valence-corrected chi connectivity index (χ4v) is 1.35. The minimum Gasteiger partial charge on any atom is -0.383 e. The van der Waals surface area contributed by atoms with Crippen LogP contribution in [0.15, 0.2) is 18.2 Å². The number of benzene rings is 1. The summed E-state index contributed by atoms with van der Waals surface area (Å²) in [4.78, 5) is 12.4. The summed E-state index contributed by atoms with van der Waals surface area (Å²) in [5, 5.41) is 13.9. The maximum absolute atomic E-state index is 10.7. The normalized spacial score (nSPS) is 12.5. The van der Waals surface area contributed by atoms with Gasteiger partial charge < -0.3 is 10.2 Å². The van der Waals surface area contributed by atoms with Gasteiger partial charge in [0.2, 0.25) is 0 Å². The van der Waals surface area contributed by atoms with Gasteiger partial charge in [-0.2, -0.15) is 0 Å². The van der Waals surface area contributed by atoms with Crippen LogP contribution in [0.5, 0.6) is 0 Å². The zero-order valence-electron chi connectivity index (χ0n) is 10.7. The number of rotatable bonds is 5. The Morgan fingerprint density at radius 2 is 2.12 bits per heavy atom. The largest absolute Gasteiger partial charge is 0.383 e. The molecule has 1 aromatic carbocycles. The lowest BCUT2D eigenvalue weighted by Crippen LogP contribution is -2.31. The molecule has 1 atom stereocenters.